The first-order chi connectivity index (χ1) is 8.29. The van der Waals surface area contributed by atoms with Crippen molar-refractivity contribution in [3.05, 3.63) is 11.8 Å². The van der Waals surface area contributed by atoms with Crippen molar-refractivity contribution in [2.45, 2.75) is 38.1 Å². The highest BCUT2D eigenvalue weighted by Gasteiger charge is 2.36. The standard InChI is InChI=1S/C11H13FN4O/c12-15-11-13-6-7-5-9(17)16(10(7)14-11)8-3-1-2-4-8/h6,8H,1-5H2,(H,13,14,15). The molecular weight excluding hydrogens is 223 g/mol. The molecule has 0 bridgehead atoms. The van der Waals surface area contributed by atoms with Crippen LogP contribution in [0.5, 0.6) is 0 Å². The maximum atomic E-state index is 12.3. The molecule has 1 aromatic rings. The summed E-state index contributed by atoms with van der Waals surface area (Å²) in [5, 5.41) is 0. The summed E-state index contributed by atoms with van der Waals surface area (Å²) in [5.41, 5.74) is 2.21. The molecule has 6 heteroatoms. The summed E-state index contributed by atoms with van der Waals surface area (Å²) in [6, 6.07) is 0.228. The van der Waals surface area contributed by atoms with E-state index in [0.717, 1.165) is 31.2 Å². The molecule has 1 aliphatic heterocycles. The molecule has 1 aliphatic carbocycles. The molecule has 0 spiro atoms. The third-order valence-electron chi connectivity index (χ3n) is 3.45. The molecule has 1 N–H and O–H groups in total. The maximum absolute atomic E-state index is 12.3. The van der Waals surface area contributed by atoms with E-state index in [1.165, 1.54) is 11.7 Å². The molecule has 3 rings (SSSR count). The van der Waals surface area contributed by atoms with Gasteiger partial charge >= 0.3 is 0 Å². The van der Waals surface area contributed by atoms with Crippen molar-refractivity contribution in [2.75, 3.05) is 10.4 Å². The van der Waals surface area contributed by atoms with Gasteiger partial charge in [-0.1, -0.05) is 12.8 Å². The minimum absolute atomic E-state index is 0.0530. The second-order valence-corrected chi connectivity index (χ2v) is 4.52. The number of fused-ring (bicyclic) bond motifs is 1. The van der Waals surface area contributed by atoms with E-state index in [4.69, 9.17) is 0 Å². The molecule has 0 radical (unpaired) electrons. The summed E-state index contributed by atoms with van der Waals surface area (Å²) in [5.74, 6) is 0.552. The third-order valence-corrected chi connectivity index (χ3v) is 3.45. The minimum atomic E-state index is -0.0820. The lowest BCUT2D eigenvalue weighted by Gasteiger charge is -2.23. The summed E-state index contributed by atoms with van der Waals surface area (Å²) >= 11 is 0. The lowest BCUT2D eigenvalue weighted by Crippen LogP contribution is -2.36. The van der Waals surface area contributed by atoms with Gasteiger partial charge in [0.25, 0.3) is 5.95 Å². The smallest absolute Gasteiger partial charge is 0.253 e. The van der Waals surface area contributed by atoms with Crippen LogP contribution in [0.2, 0.25) is 0 Å². The number of hydrogen-bond acceptors (Lipinski definition) is 4. The maximum Gasteiger partial charge on any atom is 0.253 e. The molecular formula is C11H13FN4O. The first-order valence-corrected chi connectivity index (χ1v) is 5.84. The number of hydrogen-bond donors (Lipinski definition) is 1. The van der Waals surface area contributed by atoms with E-state index in [-0.39, 0.29) is 17.9 Å². The number of carbonyl (C=O) groups is 1. The Morgan fingerprint density at radius 3 is 2.88 bits per heavy atom. The molecule has 17 heavy (non-hydrogen) atoms. The van der Waals surface area contributed by atoms with Crippen molar-refractivity contribution in [2.24, 2.45) is 0 Å². The minimum Gasteiger partial charge on any atom is -0.293 e. The predicted octanol–water partition coefficient (Wildman–Crippen LogP) is 1.60. The predicted molar refractivity (Wildman–Crippen MR) is 60.2 cm³/mol. The van der Waals surface area contributed by atoms with Gasteiger partial charge in [0.15, 0.2) is 0 Å². The number of amides is 1. The van der Waals surface area contributed by atoms with Crippen molar-refractivity contribution in [1.29, 1.82) is 0 Å². The summed E-state index contributed by atoms with van der Waals surface area (Å²) in [6.07, 6.45) is 6.16. The van der Waals surface area contributed by atoms with Crippen LogP contribution in [0, 0.1) is 0 Å². The second kappa shape index (κ2) is 3.94. The van der Waals surface area contributed by atoms with E-state index in [1.807, 2.05) is 0 Å². The highest BCUT2D eigenvalue weighted by Crippen LogP contribution is 2.34. The molecule has 1 saturated carbocycles. The summed E-state index contributed by atoms with van der Waals surface area (Å²) in [6.45, 7) is 0. The van der Waals surface area contributed by atoms with E-state index < -0.39 is 0 Å². The zero-order chi connectivity index (χ0) is 11.8. The fourth-order valence-corrected chi connectivity index (χ4v) is 2.68. The molecule has 1 aromatic heterocycles. The first kappa shape index (κ1) is 10.4. The van der Waals surface area contributed by atoms with Crippen LogP contribution in [0.25, 0.3) is 0 Å². The average molecular weight is 236 g/mol. The number of nitrogens with zero attached hydrogens (tertiary/aromatic N) is 3. The SMILES string of the molecule is O=C1Cc2cnc(NF)nc2N1C1CCCC1. The van der Waals surface area contributed by atoms with Crippen molar-refractivity contribution in [3.8, 4) is 0 Å². The van der Waals surface area contributed by atoms with Crippen LogP contribution in [0.1, 0.15) is 31.2 Å². The largest absolute Gasteiger partial charge is 0.293 e. The Labute approximate surface area is 98.0 Å². The third kappa shape index (κ3) is 1.64. The van der Waals surface area contributed by atoms with E-state index in [2.05, 4.69) is 9.97 Å². The quantitative estimate of drug-likeness (QED) is 0.792. The number of anilines is 2. The van der Waals surface area contributed by atoms with Crippen molar-refractivity contribution < 1.29 is 9.28 Å². The van der Waals surface area contributed by atoms with Gasteiger partial charge in [-0.15, -0.1) is 4.48 Å². The van der Waals surface area contributed by atoms with Crippen LogP contribution in [0.4, 0.5) is 16.2 Å². The topological polar surface area (TPSA) is 58.1 Å². The van der Waals surface area contributed by atoms with E-state index in [0.29, 0.717) is 12.2 Å². The van der Waals surface area contributed by atoms with Crippen LogP contribution < -0.4 is 10.4 Å². The molecule has 0 atom stereocenters. The van der Waals surface area contributed by atoms with Crippen LogP contribution in [-0.2, 0) is 11.2 Å². The van der Waals surface area contributed by atoms with Crippen LogP contribution in [-0.4, -0.2) is 21.9 Å². The Balaban J connectivity index is 1.98. The lowest BCUT2D eigenvalue weighted by atomic mass is 10.2. The zero-order valence-corrected chi connectivity index (χ0v) is 9.32. The summed E-state index contributed by atoms with van der Waals surface area (Å²) in [7, 11) is 0. The van der Waals surface area contributed by atoms with E-state index in [1.54, 1.807) is 4.90 Å². The van der Waals surface area contributed by atoms with Crippen LogP contribution >= 0.6 is 0 Å². The molecule has 5 nitrogen and oxygen atoms in total. The van der Waals surface area contributed by atoms with Crippen molar-refractivity contribution in [1.82, 2.24) is 9.97 Å². The number of carbonyl (C=O) groups excluding carboxylic acids is 1. The number of halogens is 1. The summed E-state index contributed by atoms with van der Waals surface area (Å²) < 4.78 is 12.3. The molecule has 90 valence electrons. The van der Waals surface area contributed by atoms with Gasteiger partial charge in [-0.3, -0.25) is 9.69 Å². The normalized spacial score (nSPS) is 19.8. The molecule has 0 saturated heterocycles. The Morgan fingerprint density at radius 1 is 1.41 bits per heavy atom. The van der Waals surface area contributed by atoms with Gasteiger partial charge in [-0.25, -0.2) is 4.98 Å². The van der Waals surface area contributed by atoms with Crippen LogP contribution in [0.15, 0.2) is 6.20 Å². The number of rotatable bonds is 2. The van der Waals surface area contributed by atoms with Gasteiger partial charge in [-0.2, -0.15) is 10.5 Å². The fraction of sp³-hybridized carbons (Fsp3) is 0.545. The molecule has 2 aliphatic rings. The van der Waals surface area contributed by atoms with Gasteiger partial charge in [0.2, 0.25) is 5.91 Å². The van der Waals surface area contributed by atoms with Gasteiger partial charge in [-0.05, 0) is 12.8 Å². The lowest BCUT2D eigenvalue weighted by molar-refractivity contribution is -0.117. The Morgan fingerprint density at radius 2 is 2.18 bits per heavy atom. The Bertz CT molecular complexity index is 459. The molecule has 0 unspecified atom stereocenters. The number of aromatic nitrogens is 2. The van der Waals surface area contributed by atoms with Gasteiger partial charge in [0, 0.05) is 17.8 Å². The zero-order valence-electron chi connectivity index (χ0n) is 9.32. The highest BCUT2D eigenvalue weighted by molar-refractivity contribution is 6.00. The van der Waals surface area contributed by atoms with Gasteiger partial charge < -0.3 is 0 Å². The Hall–Kier alpha value is -1.72. The second-order valence-electron chi connectivity index (χ2n) is 4.52. The summed E-state index contributed by atoms with van der Waals surface area (Å²) in [4.78, 5) is 21.5. The molecule has 2 heterocycles. The molecule has 1 fully saturated rings. The van der Waals surface area contributed by atoms with Gasteiger partial charge in [0.05, 0.1) is 6.42 Å². The highest BCUT2D eigenvalue weighted by atomic mass is 19.2. The molecule has 1 amide bonds. The van der Waals surface area contributed by atoms with Crippen molar-refractivity contribution >= 4 is 17.7 Å². The average Bonchev–Trinajstić information content (AvgIpc) is 2.93. The fourth-order valence-electron chi connectivity index (χ4n) is 2.68. The van der Waals surface area contributed by atoms with Crippen molar-refractivity contribution in [3.63, 3.8) is 0 Å². The van der Waals surface area contributed by atoms with E-state index in [9.17, 15) is 9.28 Å². The molecule has 0 aromatic carbocycles. The van der Waals surface area contributed by atoms with E-state index >= 15 is 0 Å². The monoisotopic (exact) mass is 236 g/mol. The first-order valence-electron chi connectivity index (χ1n) is 5.84. The number of nitrogens with one attached hydrogen (secondary N) is 1. The van der Waals surface area contributed by atoms with Gasteiger partial charge in [0.1, 0.15) is 5.82 Å². The Kier molecular flexibility index (Phi) is 2.42. The van der Waals surface area contributed by atoms with Crippen LogP contribution in [0.3, 0.4) is 0 Å².